The summed E-state index contributed by atoms with van der Waals surface area (Å²) in [5, 5.41) is -1.20. The Balaban J connectivity index is 4.48. The van der Waals surface area contributed by atoms with Crippen LogP contribution < -0.4 is 0 Å². The summed E-state index contributed by atoms with van der Waals surface area (Å²) in [6.45, 7) is 4.26. The topological polar surface area (TPSA) is 0 Å². The van der Waals surface area contributed by atoms with Crippen LogP contribution in [0.1, 0.15) is 78.1 Å². The van der Waals surface area contributed by atoms with Crippen LogP contribution in [0.15, 0.2) is 0 Å². The lowest BCUT2D eigenvalue weighted by Crippen LogP contribution is -2.33. The van der Waals surface area contributed by atoms with Gasteiger partial charge in [0.2, 0.25) is 0 Å². The van der Waals surface area contributed by atoms with E-state index in [1.54, 1.807) is 6.26 Å². The van der Waals surface area contributed by atoms with Gasteiger partial charge in [-0.3, -0.25) is 0 Å². The van der Waals surface area contributed by atoms with Crippen molar-refractivity contribution in [3.63, 3.8) is 0 Å². The third-order valence-electron chi connectivity index (χ3n) is 3.81. The van der Waals surface area contributed by atoms with Crippen LogP contribution in [0.3, 0.4) is 0 Å². The molecule has 0 heterocycles. The lowest BCUT2D eigenvalue weighted by molar-refractivity contribution is -0.138. The predicted octanol–water partition coefficient (Wildman–Crippen LogP) is 7.49. The molecule has 0 aliphatic heterocycles. The monoisotopic (exact) mass is 344 g/mol. The minimum Gasteiger partial charge on any atom is -0.170 e. The Labute approximate surface area is 136 Å². The van der Waals surface area contributed by atoms with E-state index in [1.165, 1.54) is 10.8 Å². The van der Waals surface area contributed by atoms with E-state index in [0.29, 0.717) is 0 Å². The number of rotatable bonds is 13. The van der Waals surface area contributed by atoms with Gasteiger partial charge in [-0.15, -0.1) is 0 Å². The fourth-order valence-corrected chi connectivity index (χ4v) is 4.78. The maximum Gasteiger partial charge on any atom is 0.401 e. The highest BCUT2D eigenvalue weighted by molar-refractivity contribution is 8.76. The van der Waals surface area contributed by atoms with Gasteiger partial charge in [-0.2, -0.15) is 13.2 Å². The van der Waals surface area contributed by atoms with Crippen LogP contribution in [-0.4, -0.2) is 17.7 Å². The van der Waals surface area contributed by atoms with Gasteiger partial charge in [0.1, 0.15) is 5.25 Å². The summed E-state index contributed by atoms with van der Waals surface area (Å²) in [6.07, 6.45) is 7.65. The van der Waals surface area contributed by atoms with Crippen molar-refractivity contribution < 1.29 is 13.2 Å². The summed E-state index contributed by atoms with van der Waals surface area (Å²) in [5.74, 6) is -0.212. The molecule has 0 saturated heterocycles. The van der Waals surface area contributed by atoms with E-state index >= 15 is 0 Å². The van der Waals surface area contributed by atoms with E-state index in [1.807, 2.05) is 0 Å². The quantitative estimate of drug-likeness (QED) is 0.251. The van der Waals surface area contributed by atoms with Crippen molar-refractivity contribution in [2.75, 3.05) is 6.26 Å². The standard InChI is InChI=1S/C16H31F3S2/c1-4-6-8-10-12-14(13-11-9-7-5-2)15(21-20-3)16(17,18)19/h14-15H,4-13H2,1-3H3/t15-/m1/s1. The van der Waals surface area contributed by atoms with Gasteiger partial charge in [-0.05, 0) is 25.0 Å². The van der Waals surface area contributed by atoms with E-state index < -0.39 is 11.4 Å². The van der Waals surface area contributed by atoms with Crippen molar-refractivity contribution in [3.05, 3.63) is 0 Å². The normalized spacial score (nSPS) is 13.9. The van der Waals surface area contributed by atoms with Gasteiger partial charge in [-0.1, -0.05) is 86.8 Å². The molecular weight excluding hydrogens is 313 g/mol. The average molecular weight is 345 g/mol. The second-order valence-corrected chi connectivity index (χ2v) is 8.29. The Hall–Kier alpha value is 0.490. The lowest BCUT2D eigenvalue weighted by atomic mass is 9.91. The molecule has 0 aliphatic rings. The second kappa shape index (κ2) is 13.0. The van der Waals surface area contributed by atoms with Crippen molar-refractivity contribution in [3.8, 4) is 0 Å². The average Bonchev–Trinajstić information content (AvgIpc) is 2.42. The largest absolute Gasteiger partial charge is 0.401 e. The van der Waals surface area contributed by atoms with Crippen LogP contribution in [0, 0.1) is 5.92 Å². The van der Waals surface area contributed by atoms with Gasteiger partial charge in [0.15, 0.2) is 0 Å². The molecule has 0 radical (unpaired) electrons. The summed E-state index contributed by atoms with van der Waals surface area (Å²) in [7, 11) is 2.26. The van der Waals surface area contributed by atoms with Gasteiger partial charge in [0.05, 0.1) is 0 Å². The van der Waals surface area contributed by atoms with Gasteiger partial charge >= 0.3 is 6.18 Å². The second-order valence-electron chi connectivity index (χ2n) is 5.68. The van der Waals surface area contributed by atoms with Gasteiger partial charge in [0, 0.05) is 0 Å². The SMILES string of the molecule is CCCCCCC(CCCCCC)[C@@H](SSC)C(F)(F)F. The van der Waals surface area contributed by atoms with Crippen LogP contribution in [0.25, 0.3) is 0 Å². The maximum absolute atomic E-state index is 13.3. The van der Waals surface area contributed by atoms with Gasteiger partial charge in [-0.25, -0.2) is 0 Å². The van der Waals surface area contributed by atoms with E-state index in [0.717, 1.165) is 75.0 Å². The Morgan fingerprint density at radius 1 is 0.810 bits per heavy atom. The zero-order chi connectivity index (χ0) is 16.1. The van der Waals surface area contributed by atoms with Gasteiger partial charge < -0.3 is 0 Å². The van der Waals surface area contributed by atoms with E-state index in [9.17, 15) is 13.2 Å². The minimum atomic E-state index is -4.08. The molecule has 0 aromatic heterocycles. The van der Waals surface area contributed by atoms with Crippen LogP contribution in [0.2, 0.25) is 0 Å². The number of hydrogen-bond donors (Lipinski definition) is 0. The van der Waals surface area contributed by atoms with E-state index in [-0.39, 0.29) is 5.92 Å². The molecule has 0 aliphatic carbocycles. The molecule has 0 nitrogen and oxygen atoms in total. The Morgan fingerprint density at radius 3 is 1.62 bits per heavy atom. The summed E-state index contributed by atoms with van der Waals surface area (Å²) in [6, 6.07) is 0. The molecular formula is C16H31F3S2. The zero-order valence-electron chi connectivity index (χ0n) is 13.7. The molecule has 0 fully saturated rings. The molecule has 0 bridgehead atoms. The molecule has 0 aromatic rings. The summed E-state index contributed by atoms with van der Waals surface area (Å²) >= 11 is 0. The fraction of sp³-hybridized carbons (Fsp3) is 1.00. The van der Waals surface area contributed by atoms with Crippen LogP contribution in [-0.2, 0) is 0 Å². The first-order chi connectivity index (χ1) is 9.97. The van der Waals surface area contributed by atoms with Crippen LogP contribution in [0.4, 0.5) is 13.2 Å². The summed E-state index contributed by atoms with van der Waals surface area (Å²) < 4.78 is 39.8. The summed E-state index contributed by atoms with van der Waals surface area (Å²) in [4.78, 5) is 0. The molecule has 0 N–H and O–H groups in total. The summed E-state index contributed by atoms with van der Waals surface area (Å²) in [5.41, 5.74) is 0. The van der Waals surface area contributed by atoms with Crippen LogP contribution >= 0.6 is 21.6 Å². The third kappa shape index (κ3) is 10.8. The van der Waals surface area contributed by atoms with Crippen molar-refractivity contribution in [2.24, 2.45) is 5.92 Å². The van der Waals surface area contributed by atoms with Crippen molar-refractivity contribution in [1.29, 1.82) is 0 Å². The highest BCUT2D eigenvalue weighted by Gasteiger charge is 2.44. The number of halogens is 3. The predicted molar refractivity (Wildman–Crippen MR) is 92.0 cm³/mol. The zero-order valence-corrected chi connectivity index (χ0v) is 15.3. The third-order valence-corrected chi connectivity index (χ3v) is 6.06. The van der Waals surface area contributed by atoms with E-state index in [4.69, 9.17) is 0 Å². The first-order valence-corrected chi connectivity index (χ1v) is 10.9. The molecule has 0 rings (SSSR count). The molecule has 1 atom stereocenters. The molecule has 128 valence electrons. The highest BCUT2D eigenvalue weighted by atomic mass is 33.1. The number of alkyl halides is 3. The highest BCUT2D eigenvalue weighted by Crippen LogP contribution is 2.43. The first kappa shape index (κ1) is 21.5. The number of hydrogen-bond acceptors (Lipinski definition) is 2. The van der Waals surface area contributed by atoms with Crippen molar-refractivity contribution >= 4 is 21.6 Å². The molecule has 0 unspecified atom stereocenters. The van der Waals surface area contributed by atoms with Crippen LogP contribution in [0.5, 0.6) is 0 Å². The Bertz CT molecular complexity index is 220. The number of unbranched alkanes of at least 4 members (excludes halogenated alkanes) is 6. The Morgan fingerprint density at radius 2 is 1.29 bits per heavy atom. The molecule has 21 heavy (non-hydrogen) atoms. The molecule has 0 amide bonds. The smallest absolute Gasteiger partial charge is 0.170 e. The minimum absolute atomic E-state index is 0.212. The maximum atomic E-state index is 13.3. The van der Waals surface area contributed by atoms with Crippen molar-refractivity contribution in [1.82, 2.24) is 0 Å². The van der Waals surface area contributed by atoms with Gasteiger partial charge in [0.25, 0.3) is 0 Å². The first-order valence-electron chi connectivity index (χ1n) is 8.23. The fourth-order valence-electron chi connectivity index (χ4n) is 2.62. The van der Waals surface area contributed by atoms with Crippen molar-refractivity contribution in [2.45, 2.75) is 89.5 Å². The molecule has 5 heteroatoms. The Kier molecular flexibility index (Phi) is 13.3. The lowest BCUT2D eigenvalue weighted by Gasteiger charge is -2.28. The molecule has 0 aromatic carbocycles. The molecule has 0 spiro atoms. The van der Waals surface area contributed by atoms with E-state index in [2.05, 4.69) is 13.8 Å². The molecule has 0 saturated carbocycles.